The second-order valence-electron chi connectivity index (χ2n) is 3.75. The van der Waals surface area contributed by atoms with Crippen molar-refractivity contribution in [3.63, 3.8) is 0 Å². The van der Waals surface area contributed by atoms with Gasteiger partial charge in [-0.2, -0.15) is 5.26 Å². The summed E-state index contributed by atoms with van der Waals surface area (Å²) in [6, 6.07) is 13.9. The largest absolute Gasteiger partial charge is 0.380 e. The first-order chi connectivity index (χ1) is 8.70. The first-order valence-corrected chi connectivity index (χ1v) is 6.17. The van der Waals surface area contributed by atoms with Gasteiger partial charge in [0.2, 0.25) is 0 Å². The molecule has 0 aliphatic carbocycles. The number of benzene rings is 2. The molecule has 90 valence electrons. The number of hydrogen-bond acceptors (Lipinski definition) is 2. The smallest absolute Gasteiger partial charge is 0.125 e. The van der Waals surface area contributed by atoms with Crippen LogP contribution in [0.15, 0.2) is 46.9 Å². The molecule has 0 atom stereocenters. The molecule has 18 heavy (non-hydrogen) atoms. The van der Waals surface area contributed by atoms with Crippen molar-refractivity contribution in [3.05, 3.63) is 63.9 Å². The summed E-state index contributed by atoms with van der Waals surface area (Å²) in [5, 5.41) is 12.1. The van der Waals surface area contributed by atoms with E-state index in [0.29, 0.717) is 17.8 Å². The van der Waals surface area contributed by atoms with Gasteiger partial charge in [-0.15, -0.1) is 0 Å². The number of nitrogens with zero attached hydrogens (tertiary/aromatic N) is 1. The number of hydrogen-bond donors (Lipinski definition) is 1. The van der Waals surface area contributed by atoms with Crippen molar-refractivity contribution in [2.45, 2.75) is 6.54 Å². The van der Waals surface area contributed by atoms with E-state index in [4.69, 9.17) is 5.26 Å². The number of anilines is 1. The van der Waals surface area contributed by atoms with Crippen molar-refractivity contribution in [1.29, 1.82) is 5.26 Å². The van der Waals surface area contributed by atoms with Gasteiger partial charge in [0.05, 0.1) is 17.3 Å². The summed E-state index contributed by atoms with van der Waals surface area (Å²) in [6.45, 7) is 0.478. The molecule has 0 saturated carbocycles. The van der Waals surface area contributed by atoms with Crippen LogP contribution in [-0.2, 0) is 6.54 Å². The molecule has 0 spiro atoms. The molecule has 1 N–H and O–H groups in total. The zero-order valence-electron chi connectivity index (χ0n) is 9.45. The molecule has 2 aromatic rings. The Balaban J connectivity index is 2.17. The molecule has 0 aliphatic rings. The van der Waals surface area contributed by atoms with Crippen molar-refractivity contribution < 1.29 is 4.39 Å². The molecule has 2 rings (SSSR count). The summed E-state index contributed by atoms with van der Waals surface area (Å²) in [7, 11) is 0. The fourth-order valence-corrected chi connectivity index (χ4v) is 1.99. The van der Waals surface area contributed by atoms with E-state index in [-0.39, 0.29) is 5.82 Å². The minimum atomic E-state index is -0.297. The van der Waals surface area contributed by atoms with Crippen molar-refractivity contribution in [1.82, 2.24) is 0 Å². The predicted octanol–water partition coefficient (Wildman–Crippen LogP) is 4.07. The first kappa shape index (κ1) is 12.6. The Labute approximate surface area is 113 Å². The molecule has 0 aliphatic heterocycles. The van der Waals surface area contributed by atoms with E-state index < -0.39 is 0 Å². The van der Waals surface area contributed by atoms with Gasteiger partial charge in [-0.25, -0.2) is 4.39 Å². The van der Waals surface area contributed by atoms with Crippen LogP contribution in [0, 0.1) is 17.1 Å². The van der Waals surface area contributed by atoms with E-state index in [2.05, 4.69) is 27.3 Å². The van der Waals surface area contributed by atoms with Crippen LogP contribution in [0.3, 0.4) is 0 Å². The van der Waals surface area contributed by atoms with Gasteiger partial charge in [-0.3, -0.25) is 0 Å². The molecule has 0 bridgehead atoms. The topological polar surface area (TPSA) is 35.8 Å². The number of halogens is 2. The van der Waals surface area contributed by atoms with Crippen molar-refractivity contribution in [2.24, 2.45) is 0 Å². The van der Waals surface area contributed by atoms with Gasteiger partial charge in [0, 0.05) is 11.0 Å². The van der Waals surface area contributed by atoms with E-state index >= 15 is 0 Å². The van der Waals surface area contributed by atoms with Crippen LogP contribution in [0.2, 0.25) is 0 Å². The van der Waals surface area contributed by atoms with Gasteiger partial charge >= 0.3 is 0 Å². The third kappa shape index (κ3) is 2.88. The van der Waals surface area contributed by atoms with Crippen LogP contribution in [0.5, 0.6) is 0 Å². The van der Waals surface area contributed by atoms with E-state index in [9.17, 15) is 4.39 Å². The average Bonchev–Trinajstić information content (AvgIpc) is 2.40. The molecule has 0 heterocycles. The monoisotopic (exact) mass is 304 g/mol. The normalized spacial score (nSPS) is 9.83. The maximum absolute atomic E-state index is 13.1. The second kappa shape index (κ2) is 5.65. The Bertz CT molecular complexity index is 605. The van der Waals surface area contributed by atoms with E-state index in [1.807, 2.05) is 18.2 Å². The molecule has 2 aromatic carbocycles. The third-order valence-electron chi connectivity index (χ3n) is 2.54. The summed E-state index contributed by atoms with van der Waals surface area (Å²) in [5.41, 5.74) is 2.18. The summed E-state index contributed by atoms with van der Waals surface area (Å²) >= 11 is 3.35. The zero-order valence-corrected chi connectivity index (χ0v) is 11.0. The van der Waals surface area contributed by atoms with Crippen molar-refractivity contribution in [3.8, 4) is 6.07 Å². The molecule has 0 fully saturated rings. The number of nitrogens with one attached hydrogen (secondary N) is 1. The number of nitriles is 1. The molecule has 0 amide bonds. The fraction of sp³-hybridized carbons (Fsp3) is 0.0714. The summed E-state index contributed by atoms with van der Waals surface area (Å²) in [5.74, 6) is -0.297. The predicted molar refractivity (Wildman–Crippen MR) is 72.6 cm³/mol. The van der Waals surface area contributed by atoms with Gasteiger partial charge < -0.3 is 5.32 Å². The fourth-order valence-electron chi connectivity index (χ4n) is 1.61. The lowest BCUT2D eigenvalue weighted by Crippen LogP contribution is -2.02. The quantitative estimate of drug-likeness (QED) is 0.927. The molecular weight excluding hydrogens is 295 g/mol. The first-order valence-electron chi connectivity index (χ1n) is 5.37. The highest BCUT2D eigenvalue weighted by molar-refractivity contribution is 9.10. The molecule has 2 nitrogen and oxygen atoms in total. The van der Waals surface area contributed by atoms with Crippen LogP contribution in [0.1, 0.15) is 11.1 Å². The summed E-state index contributed by atoms with van der Waals surface area (Å²) in [4.78, 5) is 0. The Morgan fingerprint density at radius 3 is 2.78 bits per heavy atom. The second-order valence-corrected chi connectivity index (χ2v) is 4.60. The Morgan fingerprint density at radius 1 is 1.22 bits per heavy atom. The van der Waals surface area contributed by atoms with Gasteiger partial charge in [0.25, 0.3) is 0 Å². The lowest BCUT2D eigenvalue weighted by molar-refractivity contribution is 0.628. The Kier molecular flexibility index (Phi) is 3.96. The summed E-state index contributed by atoms with van der Waals surface area (Å²) < 4.78 is 13.9. The average molecular weight is 305 g/mol. The van der Waals surface area contributed by atoms with Gasteiger partial charge in [0.15, 0.2) is 0 Å². The standard InChI is InChI=1S/C14H10BrFN2/c15-13-6-5-12(16)7-14(13)18-9-11-4-2-1-3-10(11)8-17/h1-7,18H,9H2. The molecule has 0 saturated heterocycles. The van der Waals surface area contributed by atoms with Crippen LogP contribution in [0.4, 0.5) is 10.1 Å². The zero-order chi connectivity index (χ0) is 13.0. The van der Waals surface area contributed by atoms with Gasteiger partial charge in [0.1, 0.15) is 5.82 Å². The van der Waals surface area contributed by atoms with Gasteiger partial charge in [-0.1, -0.05) is 18.2 Å². The Hall–Kier alpha value is -1.86. The van der Waals surface area contributed by atoms with Crippen LogP contribution < -0.4 is 5.32 Å². The lowest BCUT2D eigenvalue weighted by atomic mass is 10.1. The Morgan fingerprint density at radius 2 is 2.00 bits per heavy atom. The van der Waals surface area contributed by atoms with Crippen LogP contribution in [-0.4, -0.2) is 0 Å². The molecule has 0 radical (unpaired) electrons. The molecule has 4 heteroatoms. The van der Waals surface area contributed by atoms with Crippen molar-refractivity contribution >= 4 is 21.6 Å². The highest BCUT2D eigenvalue weighted by Gasteiger charge is 2.04. The highest BCUT2D eigenvalue weighted by Crippen LogP contribution is 2.23. The van der Waals surface area contributed by atoms with Crippen LogP contribution in [0.25, 0.3) is 0 Å². The number of rotatable bonds is 3. The van der Waals surface area contributed by atoms with E-state index in [0.717, 1.165) is 10.0 Å². The van der Waals surface area contributed by atoms with E-state index in [1.165, 1.54) is 12.1 Å². The summed E-state index contributed by atoms with van der Waals surface area (Å²) in [6.07, 6.45) is 0. The molecule has 0 aromatic heterocycles. The lowest BCUT2D eigenvalue weighted by Gasteiger charge is -2.09. The van der Waals surface area contributed by atoms with Gasteiger partial charge in [-0.05, 0) is 45.8 Å². The minimum absolute atomic E-state index is 0.297. The molecule has 0 unspecified atom stereocenters. The maximum Gasteiger partial charge on any atom is 0.125 e. The SMILES string of the molecule is N#Cc1ccccc1CNc1cc(F)ccc1Br. The minimum Gasteiger partial charge on any atom is -0.380 e. The van der Waals surface area contributed by atoms with Crippen molar-refractivity contribution in [2.75, 3.05) is 5.32 Å². The maximum atomic E-state index is 13.1. The third-order valence-corrected chi connectivity index (χ3v) is 3.23. The molecular formula is C14H10BrFN2. The highest BCUT2D eigenvalue weighted by atomic mass is 79.9. The van der Waals surface area contributed by atoms with E-state index in [1.54, 1.807) is 12.1 Å². The van der Waals surface area contributed by atoms with Crippen LogP contribution >= 0.6 is 15.9 Å².